The van der Waals surface area contributed by atoms with Crippen molar-refractivity contribution in [1.82, 2.24) is 5.32 Å². The number of carboxylic acid groups (broad SMARTS) is 1. The standard InChI is InChI=1S/C25H19NO4/c27-22(28)16-30-20-13-7-8-17(14-20)15-21-23(18-9-3-1-4-10-18)24(25(29)26-21)19-11-5-2-6-12-19/h1-15H,16H2,(H,26,29)(H,27,28)/b21-15-. The van der Waals surface area contributed by atoms with Crippen LogP contribution in [0.2, 0.25) is 0 Å². The fraction of sp³-hybridized carbons (Fsp3) is 0.0400. The van der Waals surface area contributed by atoms with Gasteiger partial charge in [0.2, 0.25) is 0 Å². The maximum atomic E-state index is 12.9. The molecule has 0 bridgehead atoms. The third kappa shape index (κ3) is 4.15. The average molecular weight is 397 g/mol. The van der Waals surface area contributed by atoms with Crippen LogP contribution in [0.25, 0.3) is 17.2 Å². The fourth-order valence-corrected chi connectivity index (χ4v) is 3.39. The first-order valence-corrected chi connectivity index (χ1v) is 9.45. The number of aliphatic carboxylic acids is 1. The number of carbonyl (C=O) groups is 2. The van der Waals surface area contributed by atoms with E-state index in [2.05, 4.69) is 5.32 Å². The summed E-state index contributed by atoms with van der Waals surface area (Å²) in [5.74, 6) is -0.752. The van der Waals surface area contributed by atoms with Crippen LogP contribution in [0.5, 0.6) is 5.75 Å². The summed E-state index contributed by atoms with van der Waals surface area (Å²) in [6.45, 7) is -0.413. The summed E-state index contributed by atoms with van der Waals surface area (Å²) in [5, 5.41) is 11.8. The van der Waals surface area contributed by atoms with Crippen molar-refractivity contribution >= 4 is 29.1 Å². The number of carbonyl (C=O) groups excluding carboxylic acids is 1. The maximum absolute atomic E-state index is 12.9. The Balaban J connectivity index is 1.80. The quantitative estimate of drug-likeness (QED) is 0.653. The Hall–Kier alpha value is -4.12. The minimum absolute atomic E-state index is 0.162. The number of allylic oxidation sites excluding steroid dienone is 1. The van der Waals surface area contributed by atoms with Crippen LogP contribution in [-0.2, 0) is 9.59 Å². The molecule has 0 spiro atoms. The molecule has 0 aliphatic carbocycles. The zero-order valence-electron chi connectivity index (χ0n) is 16.0. The first-order chi connectivity index (χ1) is 14.6. The molecule has 0 aromatic heterocycles. The predicted octanol–water partition coefficient (Wildman–Crippen LogP) is 4.23. The van der Waals surface area contributed by atoms with Crippen molar-refractivity contribution in [1.29, 1.82) is 0 Å². The highest BCUT2D eigenvalue weighted by molar-refractivity contribution is 6.34. The van der Waals surface area contributed by atoms with Gasteiger partial charge in [-0.05, 0) is 34.9 Å². The van der Waals surface area contributed by atoms with E-state index in [1.54, 1.807) is 18.2 Å². The van der Waals surface area contributed by atoms with Crippen LogP contribution in [0.1, 0.15) is 16.7 Å². The number of ether oxygens (including phenoxy) is 1. The largest absolute Gasteiger partial charge is 0.482 e. The molecule has 4 rings (SSSR count). The van der Waals surface area contributed by atoms with Crippen LogP contribution in [0.4, 0.5) is 0 Å². The van der Waals surface area contributed by atoms with E-state index >= 15 is 0 Å². The SMILES string of the molecule is O=C(O)COc1cccc(/C=C2\NC(=O)C(c3ccccc3)=C2c2ccccc2)c1. The lowest BCUT2D eigenvalue weighted by atomic mass is 9.94. The molecule has 5 heteroatoms. The van der Waals surface area contributed by atoms with Crippen LogP contribution in [0.3, 0.4) is 0 Å². The van der Waals surface area contributed by atoms with Gasteiger partial charge in [-0.2, -0.15) is 0 Å². The third-order valence-electron chi connectivity index (χ3n) is 4.65. The summed E-state index contributed by atoms with van der Waals surface area (Å²) in [4.78, 5) is 23.7. The molecule has 30 heavy (non-hydrogen) atoms. The molecule has 0 fully saturated rings. The molecule has 1 aliphatic heterocycles. The van der Waals surface area contributed by atoms with Crippen molar-refractivity contribution in [2.75, 3.05) is 6.61 Å². The van der Waals surface area contributed by atoms with E-state index in [0.29, 0.717) is 17.0 Å². The Labute approximate surface area is 173 Å². The summed E-state index contributed by atoms with van der Waals surface area (Å²) in [6, 6.07) is 26.4. The molecule has 0 saturated carbocycles. The molecule has 1 heterocycles. The minimum Gasteiger partial charge on any atom is -0.482 e. The lowest BCUT2D eigenvalue weighted by Crippen LogP contribution is -2.15. The average Bonchev–Trinajstić information content (AvgIpc) is 3.09. The van der Waals surface area contributed by atoms with Crippen molar-refractivity contribution in [3.05, 3.63) is 107 Å². The van der Waals surface area contributed by atoms with E-state index in [4.69, 9.17) is 9.84 Å². The van der Waals surface area contributed by atoms with Gasteiger partial charge in [-0.25, -0.2) is 4.79 Å². The highest BCUT2D eigenvalue weighted by Crippen LogP contribution is 2.37. The molecule has 2 N–H and O–H groups in total. The molecule has 3 aromatic rings. The Bertz CT molecular complexity index is 1150. The number of benzene rings is 3. The first-order valence-electron chi connectivity index (χ1n) is 9.45. The second-order valence-electron chi connectivity index (χ2n) is 6.75. The summed E-state index contributed by atoms with van der Waals surface area (Å²) in [7, 11) is 0. The minimum atomic E-state index is -1.04. The zero-order valence-corrected chi connectivity index (χ0v) is 16.0. The molecule has 0 unspecified atom stereocenters. The van der Waals surface area contributed by atoms with Crippen LogP contribution >= 0.6 is 0 Å². The van der Waals surface area contributed by atoms with Crippen LogP contribution in [-0.4, -0.2) is 23.6 Å². The van der Waals surface area contributed by atoms with Gasteiger partial charge < -0.3 is 15.2 Å². The molecule has 1 aliphatic rings. The van der Waals surface area contributed by atoms with Gasteiger partial charge in [0.15, 0.2) is 6.61 Å². The number of hydrogen-bond acceptors (Lipinski definition) is 3. The van der Waals surface area contributed by atoms with Gasteiger partial charge in [-0.15, -0.1) is 0 Å². The maximum Gasteiger partial charge on any atom is 0.341 e. The third-order valence-corrected chi connectivity index (χ3v) is 4.65. The van der Waals surface area contributed by atoms with E-state index in [1.165, 1.54) is 0 Å². The molecule has 148 valence electrons. The second-order valence-corrected chi connectivity index (χ2v) is 6.75. The zero-order chi connectivity index (χ0) is 20.9. The predicted molar refractivity (Wildman–Crippen MR) is 115 cm³/mol. The van der Waals surface area contributed by atoms with Gasteiger partial charge >= 0.3 is 5.97 Å². The lowest BCUT2D eigenvalue weighted by molar-refractivity contribution is -0.139. The molecular formula is C25H19NO4. The van der Waals surface area contributed by atoms with E-state index in [0.717, 1.165) is 22.3 Å². The van der Waals surface area contributed by atoms with Gasteiger partial charge in [0, 0.05) is 5.57 Å². The smallest absolute Gasteiger partial charge is 0.341 e. The van der Waals surface area contributed by atoms with E-state index in [1.807, 2.05) is 72.8 Å². The molecule has 0 radical (unpaired) electrons. The molecule has 3 aromatic carbocycles. The Morgan fingerprint density at radius 2 is 1.50 bits per heavy atom. The number of amides is 1. The van der Waals surface area contributed by atoms with E-state index < -0.39 is 12.6 Å². The molecular weight excluding hydrogens is 378 g/mol. The van der Waals surface area contributed by atoms with E-state index in [9.17, 15) is 9.59 Å². The van der Waals surface area contributed by atoms with Crippen molar-refractivity contribution in [3.63, 3.8) is 0 Å². The summed E-state index contributed by atoms with van der Waals surface area (Å²) < 4.78 is 5.27. The fourth-order valence-electron chi connectivity index (χ4n) is 3.39. The summed E-state index contributed by atoms with van der Waals surface area (Å²) >= 11 is 0. The summed E-state index contributed by atoms with van der Waals surface area (Å²) in [6.07, 6.45) is 1.86. The van der Waals surface area contributed by atoms with Gasteiger partial charge in [-0.3, -0.25) is 4.79 Å². The monoisotopic (exact) mass is 397 g/mol. The van der Waals surface area contributed by atoms with Crippen molar-refractivity contribution in [2.45, 2.75) is 0 Å². The number of rotatable bonds is 6. The van der Waals surface area contributed by atoms with Crippen LogP contribution < -0.4 is 10.1 Å². The van der Waals surface area contributed by atoms with Gasteiger partial charge in [0.05, 0.1) is 11.3 Å². The Morgan fingerprint density at radius 1 is 0.867 bits per heavy atom. The molecule has 5 nitrogen and oxygen atoms in total. The van der Waals surface area contributed by atoms with Gasteiger partial charge in [0.1, 0.15) is 5.75 Å². The molecule has 0 saturated heterocycles. The normalized spacial score (nSPS) is 14.7. The number of nitrogens with one attached hydrogen (secondary N) is 1. The first kappa shape index (κ1) is 19.2. The van der Waals surface area contributed by atoms with Crippen LogP contribution in [0, 0.1) is 0 Å². The van der Waals surface area contributed by atoms with Crippen molar-refractivity contribution < 1.29 is 19.4 Å². The lowest BCUT2D eigenvalue weighted by Gasteiger charge is -2.09. The molecule has 1 amide bonds. The Morgan fingerprint density at radius 3 is 2.13 bits per heavy atom. The number of hydrogen-bond donors (Lipinski definition) is 2. The molecule has 0 atom stereocenters. The Kier molecular flexibility index (Phi) is 5.44. The van der Waals surface area contributed by atoms with Gasteiger partial charge in [0.25, 0.3) is 5.91 Å². The highest BCUT2D eigenvalue weighted by atomic mass is 16.5. The van der Waals surface area contributed by atoms with Crippen LogP contribution in [0.15, 0.2) is 90.6 Å². The second kappa shape index (κ2) is 8.49. The summed E-state index contributed by atoms with van der Waals surface area (Å²) in [5.41, 5.74) is 4.68. The van der Waals surface area contributed by atoms with E-state index in [-0.39, 0.29) is 5.91 Å². The van der Waals surface area contributed by atoms with Crippen molar-refractivity contribution in [2.24, 2.45) is 0 Å². The van der Waals surface area contributed by atoms with Crippen molar-refractivity contribution in [3.8, 4) is 5.75 Å². The topological polar surface area (TPSA) is 75.6 Å². The number of carboxylic acids is 1. The highest BCUT2D eigenvalue weighted by Gasteiger charge is 2.29. The van der Waals surface area contributed by atoms with Gasteiger partial charge in [-0.1, -0.05) is 72.8 Å².